The Kier molecular flexibility index (Phi) is 5.73. The molecule has 0 radical (unpaired) electrons. The van der Waals surface area contributed by atoms with Crippen molar-refractivity contribution >= 4 is 11.9 Å². The van der Waals surface area contributed by atoms with Crippen LogP contribution in [0, 0.1) is 11.8 Å². The second-order valence-corrected chi connectivity index (χ2v) is 4.60. The molecule has 1 saturated carbocycles. The van der Waals surface area contributed by atoms with Crippen LogP contribution in [0.4, 0.5) is 0 Å². The molecule has 4 nitrogen and oxygen atoms in total. The number of rotatable bonds is 5. The third-order valence-electron chi connectivity index (χ3n) is 3.37. The van der Waals surface area contributed by atoms with Crippen molar-refractivity contribution in [3.8, 4) is 0 Å². The van der Waals surface area contributed by atoms with E-state index in [1.807, 2.05) is 0 Å². The van der Waals surface area contributed by atoms with Gasteiger partial charge in [0, 0.05) is 12.2 Å². The summed E-state index contributed by atoms with van der Waals surface area (Å²) in [5.74, 6) is -0.427. The van der Waals surface area contributed by atoms with Crippen molar-refractivity contribution in [2.45, 2.75) is 39.0 Å². The minimum Gasteiger partial charge on any atom is -0.478 e. The van der Waals surface area contributed by atoms with Gasteiger partial charge in [-0.25, -0.2) is 9.59 Å². The zero-order chi connectivity index (χ0) is 12.7. The molecule has 0 amide bonds. The van der Waals surface area contributed by atoms with Crippen molar-refractivity contribution < 1.29 is 19.4 Å². The summed E-state index contributed by atoms with van der Waals surface area (Å²) in [6.07, 6.45) is 7.63. The van der Waals surface area contributed by atoms with Crippen LogP contribution in [0.1, 0.15) is 39.0 Å². The molecule has 1 aliphatic rings. The Labute approximate surface area is 102 Å². The molecule has 1 N–H and O–H groups in total. The molecule has 1 aliphatic carbocycles. The van der Waals surface area contributed by atoms with Crippen molar-refractivity contribution in [1.29, 1.82) is 0 Å². The van der Waals surface area contributed by atoms with E-state index in [1.54, 1.807) is 0 Å². The topological polar surface area (TPSA) is 63.6 Å². The number of carboxylic acids is 1. The molecule has 0 atom stereocenters. The standard InChI is InChI=1S/C13H20O4/c1-2-10-3-5-11(6-4-10)9-17-13(16)8-7-12(14)15/h7-8,10-11H,2-6,9H2,1H3,(H,14,15)/b8-7+. The fourth-order valence-corrected chi connectivity index (χ4v) is 2.19. The zero-order valence-electron chi connectivity index (χ0n) is 10.2. The second-order valence-electron chi connectivity index (χ2n) is 4.60. The maximum atomic E-state index is 11.1. The molecule has 17 heavy (non-hydrogen) atoms. The third kappa shape index (κ3) is 5.52. The van der Waals surface area contributed by atoms with Crippen molar-refractivity contribution in [3.05, 3.63) is 12.2 Å². The zero-order valence-corrected chi connectivity index (χ0v) is 10.2. The fourth-order valence-electron chi connectivity index (χ4n) is 2.19. The molecule has 0 aliphatic heterocycles. The lowest BCUT2D eigenvalue weighted by atomic mass is 9.81. The van der Waals surface area contributed by atoms with Crippen LogP contribution >= 0.6 is 0 Å². The van der Waals surface area contributed by atoms with Gasteiger partial charge in [-0.05, 0) is 24.7 Å². The van der Waals surface area contributed by atoms with Crippen molar-refractivity contribution in [2.75, 3.05) is 6.61 Å². The molecule has 0 bridgehead atoms. The Bertz CT molecular complexity index is 288. The Morgan fingerprint density at radius 3 is 2.29 bits per heavy atom. The molecular formula is C13H20O4. The SMILES string of the molecule is CCC1CCC(COC(=O)/C=C/C(=O)O)CC1. The second kappa shape index (κ2) is 7.09. The van der Waals surface area contributed by atoms with E-state index in [4.69, 9.17) is 9.84 Å². The lowest BCUT2D eigenvalue weighted by molar-refractivity contribution is -0.140. The average molecular weight is 240 g/mol. The van der Waals surface area contributed by atoms with E-state index < -0.39 is 11.9 Å². The number of carboxylic acid groups (broad SMARTS) is 1. The molecule has 0 spiro atoms. The number of hydrogen-bond acceptors (Lipinski definition) is 3. The Morgan fingerprint density at radius 2 is 1.76 bits per heavy atom. The summed E-state index contributed by atoms with van der Waals surface area (Å²) in [6.45, 7) is 2.63. The van der Waals surface area contributed by atoms with Crippen LogP contribution in [0.25, 0.3) is 0 Å². The highest BCUT2D eigenvalue weighted by Gasteiger charge is 2.20. The van der Waals surface area contributed by atoms with E-state index in [1.165, 1.54) is 19.3 Å². The monoisotopic (exact) mass is 240 g/mol. The number of carbonyl (C=O) groups is 2. The molecule has 4 heteroatoms. The maximum Gasteiger partial charge on any atom is 0.331 e. The molecular weight excluding hydrogens is 220 g/mol. The molecule has 0 saturated heterocycles. The average Bonchev–Trinajstić information content (AvgIpc) is 2.34. The summed E-state index contributed by atoms with van der Waals surface area (Å²) in [5, 5.41) is 8.34. The van der Waals surface area contributed by atoms with Crippen LogP contribution in [-0.4, -0.2) is 23.7 Å². The molecule has 1 rings (SSSR count). The number of hydrogen-bond donors (Lipinski definition) is 1. The summed E-state index contributed by atoms with van der Waals surface area (Å²) in [5.41, 5.74) is 0. The summed E-state index contributed by atoms with van der Waals surface area (Å²) >= 11 is 0. The first-order valence-electron chi connectivity index (χ1n) is 6.19. The van der Waals surface area contributed by atoms with Gasteiger partial charge in [0.1, 0.15) is 0 Å². The Hall–Kier alpha value is -1.32. The molecule has 1 fully saturated rings. The minimum atomic E-state index is -1.13. The Morgan fingerprint density at radius 1 is 1.18 bits per heavy atom. The fraction of sp³-hybridized carbons (Fsp3) is 0.692. The first kappa shape index (κ1) is 13.7. The summed E-state index contributed by atoms with van der Waals surface area (Å²) in [6, 6.07) is 0. The van der Waals surface area contributed by atoms with Crippen LogP contribution in [0.2, 0.25) is 0 Å². The van der Waals surface area contributed by atoms with Gasteiger partial charge in [-0.15, -0.1) is 0 Å². The highest BCUT2D eigenvalue weighted by molar-refractivity contribution is 5.90. The van der Waals surface area contributed by atoms with E-state index in [-0.39, 0.29) is 0 Å². The highest BCUT2D eigenvalue weighted by Crippen LogP contribution is 2.30. The molecule has 0 heterocycles. The van der Waals surface area contributed by atoms with Gasteiger partial charge in [0.25, 0.3) is 0 Å². The van der Waals surface area contributed by atoms with Gasteiger partial charge in [0.2, 0.25) is 0 Å². The summed E-state index contributed by atoms with van der Waals surface area (Å²) in [7, 11) is 0. The quantitative estimate of drug-likeness (QED) is 0.592. The normalized spacial score (nSPS) is 24.8. The number of ether oxygens (including phenoxy) is 1. The van der Waals surface area contributed by atoms with Gasteiger partial charge in [0.05, 0.1) is 6.61 Å². The van der Waals surface area contributed by atoms with E-state index in [2.05, 4.69) is 6.92 Å². The van der Waals surface area contributed by atoms with Gasteiger partial charge in [-0.2, -0.15) is 0 Å². The van der Waals surface area contributed by atoms with E-state index >= 15 is 0 Å². The predicted octanol–water partition coefficient (Wildman–Crippen LogP) is 2.39. The lowest BCUT2D eigenvalue weighted by Gasteiger charge is -2.27. The Balaban J connectivity index is 2.19. The lowest BCUT2D eigenvalue weighted by Crippen LogP contribution is -2.19. The number of esters is 1. The smallest absolute Gasteiger partial charge is 0.331 e. The van der Waals surface area contributed by atoms with Gasteiger partial charge in [-0.3, -0.25) is 0 Å². The molecule has 0 aromatic carbocycles. The van der Waals surface area contributed by atoms with Crippen LogP contribution in [0.5, 0.6) is 0 Å². The maximum absolute atomic E-state index is 11.1. The van der Waals surface area contributed by atoms with Crippen LogP contribution in [-0.2, 0) is 14.3 Å². The van der Waals surface area contributed by atoms with Gasteiger partial charge in [-0.1, -0.05) is 26.2 Å². The van der Waals surface area contributed by atoms with Gasteiger partial charge < -0.3 is 9.84 Å². The van der Waals surface area contributed by atoms with Gasteiger partial charge >= 0.3 is 11.9 Å². The molecule has 0 unspecified atom stereocenters. The molecule has 0 aromatic rings. The minimum absolute atomic E-state index is 0.416. The highest BCUT2D eigenvalue weighted by atomic mass is 16.5. The van der Waals surface area contributed by atoms with E-state index in [0.717, 1.165) is 30.9 Å². The van der Waals surface area contributed by atoms with Crippen LogP contribution in [0.3, 0.4) is 0 Å². The van der Waals surface area contributed by atoms with Crippen molar-refractivity contribution in [1.82, 2.24) is 0 Å². The van der Waals surface area contributed by atoms with E-state index in [0.29, 0.717) is 12.5 Å². The van der Waals surface area contributed by atoms with Crippen LogP contribution in [0.15, 0.2) is 12.2 Å². The predicted molar refractivity (Wildman–Crippen MR) is 63.5 cm³/mol. The molecule has 0 aromatic heterocycles. The molecule has 96 valence electrons. The van der Waals surface area contributed by atoms with Crippen LogP contribution < -0.4 is 0 Å². The summed E-state index contributed by atoms with van der Waals surface area (Å²) in [4.78, 5) is 21.3. The van der Waals surface area contributed by atoms with Crippen molar-refractivity contribution in [3.63, 3.8) is 0 Å². The number of aliphatic carboxylic acids is 1. The van der Waals surface area contributed by atoms with E-state index in [9.17, 15) is 9.59 Å². The van der Waals surface area contributed by atoms with Crippen molar-refractivity contribution in [2.24, 2.45) is 11.8 Å². The van der Waals surface area contributed by atoms with Gasteiger partial charge in [0.15, 0.2) is 0 Å². The summed E-state index contributed by atoms with van der Waals surface area (Å²) < 4.78 is 5.01. The third-order valence-corrected chi connectivity index (χ3v) is 3.37. The first-order chi connectivity index (χ1) is 8.11. The first-order valence-corrected chi connectivity index (χ1v) is 6.19. The number of carbonyl (C=O) groups excluding carboxylic acids is 1. The largest absolute Gasteiger partial charge is 0.478 e.